The van der Waals surface area contributed by atoms with Gasteiger partial charge in [0.05, 0.1) is 0 Å². The minimum atomic E-state index is 0.900. The van der Waals surface area contributed by atoms with Crippen LogP contribution in [0.15, 0.2) is 203 Å². The highest BCUT2D eigenvalue weighted by Gasteiger charge is 2.21. The molecule has 2 heterocycles. The van der Waals surface area contributed by atoms with Gasteiger partial charge < -0.3 is 8.83 Å². The lowest BCUT2D eigenvalue weighted by atomic mass is 9.84. The van der Waals surface area contributed by atoms with E-state index in [9.17, 15) is 0 Å². The van der Waals surface area contributed by atoms with Crippen molar-refractivity contribution in [3.05, 3.63) is 194 Å². The number of hydrogen-bond acceptors (Lipinski definition) is 2. The first-order valence-corrected chi connectivity index (χ1v) is 19.2. The first-order valence-electron chi connectivity index (χ1n) is 19.2. The van der Waals surface area contributed by atoms with Gasteiger partial charge in [-0.25, -0.2) is 0 Å². The second kappa shape index (κ2) is 12.0. The fraction of sp³-hybridized carbons (Fsp3) is 0. The Morgan fingerprint density at radius 3 is 1.54 bits per heavy atom. The molecule has 0 saturated heterocycles. The maximum Gasteiger partial charge on any atom is 0.143 e. The Hall–Kier alpha value is -7.42. The van der Waals surface area contributed by atoms with Gasteiger partial charge in [0, 0.05) is 27.1 Å². The summed E-state index contributed by atoms with van der Waals surface area (Å²) in [7, 11) is 0. The van der Waals surface area contributed by atoms with Gasteiger partial charge in [0.25, 0.3) is 0 Å². The number of hydrogen-bond donors (Lipinski definition) is 0. The van der Waals surface area contributed by atoms with Crippen LogP contribution in [0.1, 0.15) is 0 Å². The van der Waals surface area contributed by atoms with Crippen molar-refractivity contribution in [1.82, 2.24) is 0 Å². The van der Waals surface area contributed by atoms with Crippen molar-refractivity contribution in [3.63, 3.8) is 0 Å². The van der Waals surface area contributed by atoms with Crippen LogP contribution in [0.4, 0.5) is 0 Å². The van der Waals surface area contributed by atoms with E-state index in [1.54, 1.807) is 0 Å². The quantitative estimate of drug-likeness (QED) is 0.170. The summed E-state index contributed by atoms with van der Waals surface area (Å²) in [5, 5.41) is 11.8. The van der Waals surface area contributed by atoms with Gasteiger partial charge in [-0.05, 0) is 95.5 Å². The minimum Gasteiger partial charge on any atom is -0.456 e. The molecule has 0 aliphatic carbocycles. The zero-order valence-electron chi connectivity index (χ0n) is 30.3. The largest absolute Gasteiger partial charge is 0.456 e. The molecule has 0 amide bonds. The van der Waals surface area contributed by atoms with Crippen LogP contribution in [0.3, 0.4) is 0 Å². The molecule has 12 rings (SSSR count). The molecule has 0 aliphatic heterocycles. The Kier molecular flexibility index (Phi) is 6.66. The Morgan fingerprint density at radius 1 is 0.268 bits per heavy atom. The molecule has 0 atom stereocenters. The van der Waals surface area contributed by atoms with Crippen molar-refractivity contribution in [2.24, 2.45) is 0 Å². The molecular weight excluding hydrogens is 681 g/mol. The van der Waals surface area contributed by atoms with Gasteiger partial charge in [-0.3, -0.25) is 0 Å². The molecule has 0 bridgehead atoms. The highest BCUT2D eigenvalue weighted by Crippen LogP contribution is 2.48. The molecule has 0 fully saturated rings. The molecule has 0 N–H and O–H groups in total. The van der Waals surface area contributed by atoms with E-state index in [2.05, 4.69) is 182 Å². The molecule has 0 spiro atoms. The summed E-state index contributed by atoms with van der Waals surface area (Å²) in [6.07, 6.45) is 0. The third kappa shape index (κ3) is 4.57. The van der Waals surface area contributed by atoms with Gasteiger partial charge >= 0.3 is 0 Å². The lowest BCUT2D eigenvalue weighted by Crippen LogP contribution is -1.91. The molecule has 0 unspecified atom stereocenters. The van der Waals surface area contributed by atoms with Gasteiger partial charge in [0.15, 0.2) is 0 Å². The van der Waals surface area contributed by atoms with Crippen molar-refractivity contribution < 1.29 is 8.83 Å². The molecule has 0 saturated carbocycles. The maximum absolute atomic E-state index is 6.55. The summed E-state index contributed by atoms with van der Waals surface area (Å²) in [5.41, 5.74) is 13.1. The molecule has 12 aromatic rings. The average molecular weight is 713 g/mol. The smallest absolute Gasteiger partial charge is 0.143 e. The van der Waals surface area contributed by atoms with Crippen LogP contribution in [-0.2, 0) is 0 Å². The highest BCUT2D eigenvalue weighted by molar-refractivity contribution is 6.26. The SMILES string of the molecule is c1ccc(-c2cccc3c2oc2ccccc23)c(-c2ccc(-c3c4ccccc4c(-c4cccc5oc6cc7ccccc7cc6c45)c4ccccc34)cc2)c1. The molecule has 260 valence electrons. The van der Waals surface area contributed by atoms with Crippen molar-refractivity contribution in [3.8, 4) is 44.5 Å². The summed E-state index contributed by atoms with van der Waals surface area (Å²) < 4.78 is 13.0. The van der Waals surface area contributed by atoms with Crippen molar-refractivity contribution in [1.29, 1.82) is 0 Å². The van der Waals surface area contributed by atoms with Crippen LogP contribution in [-0.4, -0.2) is 0 Å². The second-order valence-corrected chi connectivity index (χ2v) is 14.7. The normalized spacial score (nSPS) is 11.9. The first kappa shape index (κ1) is 31.0. The van der Waals surface area contributed by atoms with Gasteiger partial charge in [0.1, 0.15) is 22.3 Å². The third-order valence-corrected chi connectivity index (χ3v) is 11.7. The van der Waals surface area contributed by atoms with E-state index >= 15 is 0 Å². The number of benzene rings is 10. The number of fused-ring (bicyclic) bond motifs is 9. The van der Waals surface area contributed by atoms with Crippen LogP contribution in [0.2, 0.25) is 0 Å². The monoisotopic (exact) mass is 712 g/mol. The van der Waals surface area contributed by atoms with E-state index in [0.29, 0.717) is 0 Å². The lowest BCUT2D eigenvalue weighted by molar-refractivity contribution is 0.669. The maximum atomic E-state index is 6.55. The van der Waals surface area contributed by atoms with Gasteiger partial charge in [0.2, 0.25) is 0 Å². The second-order valence-electron chi connectivity index (χ2n) is 14.7. The van der Waals surface area contributed by atoms with E-state index in [1.165, 1.54) is 60.1 Å². The van der Waals surface area contributed by atoms with Crippen LogP contribution in [0.5, 0.6) is 0 Å². The Balaban J connectivity index is 1.04. The topological polar surface area (TPSA) is 26.3 Å². The predicted molar refractivity (Wildman–Crippen MR) is 235 cm³/mol. The summed E-state index contributed by atoms with van der Waals surface area (Å²) in [6.45, 7) is 0. The molecular formula is C54H32O2. The highest BCUT2D eigenvalue weighted by atomic mass is 16.3. The Morgan fingerprint density at radius 2 is 0.786 bits per heavy atom. The summed E-state index contributed by atoms with van der Waals surface area (Å²) >= 11 is 0. The van der Waals surface area contributed by atoms with E-state index in [0.717, 1.165) is 60.6 Å². The minimum absolute atomic E-state index is 0.900. The van der Waals surface area contributed by atoms with Gasteiger partial charge in [-0.1, -0.05) is 170 Å². The fourth-order valence-corrected chi connectivity index (χ4v) is 9.20. The molecule has 56 heavy (non-hydrogen) atoms. The predicted octanol–water partition coefficient (Wildman–Crippen LogP) is 15.6. The van der Waals surface area contributed by atoms with Crippen LogP contribution >= 0.6 is 0 Å². The summed E-state index contributed by atoms with van der Waals surface area (Å²) in [5.74, 6) is 0. The Bertz CT molecular complexity index is 3470. The number of para-hydroxylation sites is 2. The van der Waals surface area contributed by atoms with Crippen LogP contribution in [0.25, 0.3) is 121 Å². The molecule has 0 aliphatic rings. The van der Waals surface area contributed by atoms with Gasteiger partial charge in [-0.15, -0.1) is 0 Å². The molecule has 10 aromatic carbocycles. The van der Waals surface area contributed by atoms with Crippen LogP contribution in [0, 0.1) is 0 Å². The van der Waals surface area contributed by atoms with E-state index < -0.39 is 0 Å². The van der Waals surface area contributed by atoms with Crippen LogP contribution < -0.4 is 0 Å². The fourth-order valence-electron chi connectivity index (χ4n) is 9.20. The number of rotatable bonds is 4. The third-order valence-electron chi connectivity index (χ3n) is 11.7. The summed E-state index contributed by atoms with van der Waals surface area (Å²) in [4.78, 5) is 0. The average Bonchev–Trinajstić information content (AvgIpc) is 3.83. The molecule has 2 heteroatoms. The van der Waals surface area contributed by atoms with Crippen molar-refractivity contribution in [2.75, 3.05) is 0 Å². The Labute approximate surface area is 322 Å². The first-order chi connectivity index (χ1) is 27.8. The van der Waals surface area contributed by atoms with E-state index in [-0.39, 0.29) is 0 Å². The molecule has 0 radical (unpaired) electrons. The lowest BCUT2D eigenvalue weighted by Gasteiger charge is -2.18. The van der Waals surface area contributed by atoms with Crippen molar-refractivity contribution >= 4 is 76.2 Å². The molecule has 2 aromatic heterocycles. The zero-order valence-corrected chi connectivity index (χ0v) is 30.3. The summed E-state index contributed by atoms with van der Waals surface area (Å²) in [6, 6.07) is 69.7. The zero-order chi connectivity index (χ0) is 36.7. The van der Waals surface area contributed by atoms with E-state index in [1.807, 2.05) is 12.1 Å². The standard InChI is InChI=1S/C54H32O2/c1-2-14-36-32-50-47(31-35(36)13-1)53-46(24-12-26-49(53)55-50)52-42-20-7-5-18-40(42)51(41-19-6-8-21-43(41)52)34-29-27-33(28-30-34)37-15-3-4-16-38(37)44-22-11-23-45-39-17-9-10-25-48(39)56-54(44)45/h1-32H. The van der Waals surface area contributed by atoms with E-state index in [4.69, 9.17) is 8.83 Å². The van der Waals surface area contributed by atoms with Crippen molar-refractivity contribution in [2.45, 2.75) is 0 Å². The van der Waals surface area contributed by atoms with Gasteiger partial charge in [-0.2, -0.15) is 0 Å². The molecule has 2 nitrogen and oxygen atoms in total. The number of furan rings is 2.